The number of halogens is 1. The third kappa shape index (κ3) is 6.81. The molecule has 2 rings (SSSR count). The summed E-state index contributed by atoms with van der Waals surface area (Å²) in [5.74, 6) is 0.711. The summed E-state index contributed by atoms with van der Waals surface area (Å²) in [6.07, 6.45) is 6.38. The van der Waals surface area contributed by atoms with Crippen LogP contribution in [0.3, 0.4) is 0 Å². The first kappa shape index (κ1) is 16.8. The highest BCUT2D eigenvalue weighted by molar-refractivity contribution is 7.90. The average Bonchev–Trinajstić information content (AvgIpc) is 3.21. The second kappa shape index (κ2) is 7.61. The molecule has 1 aliphatic rings. The van der Waals surface area contributed by atoms with Crippen molar-refractivity contribution < 1.29 is 8.42 Å². The second-order valence-corrected chi connectivity index (χ2v) is 8.78. The van der Waals surface area contributed by atoms with Crippen LogP contribution in [0.2, 0.25) is 5.02 Å². The third-order valence-corrected chi connectivity index (χ3v) is 5.27. The molecule has 0 aromatic heterocycles. The summed E-state index contributed by atoms with van der Waals surface area (Å²) in [5.41, 5.74) is 1.15. The summed E-state index contributed by atoms with van der Waals surface area (Å²) in [5, 5.41) is 4.35. The molecule has 0 aliphatic heterocycles. The van der Waals surface area contributed by atoms with Crippen LogP contribution in [0, 0.1) is 5.92 Å². The first-order valence-corrected chi connectivity index (χ1v) is 10.0. The molecule has 0 heterocycles. The molecular formula is C16H24ClNO2S. The van der Waals surface area contributed by atoms with Crippen molar-refractivity contribution in [3.05, 3.63) is 34.9 Å². The average molecular weight is 330 g/mol. The fourth-order valence-corrected chi connectivity index (χ4v) is 3.41. The van der Waals surface area contributed by atoms with E-state index >= 15 is 0 Å². The van der Waals surface area contributed by atoms with Gasteiger partial charge in [-0.1, -0.05) is 29.8 Å². The Hall–Kier alpha value is -0.580. The molecule has 1 saturated carbocycles. The van der Waals surface area contributed by atoms with Crippen LogP contribution in [0.5, 0.6) is 0 Å². The smallest absolute Gasteiger partial charge is 0.147 e. The van der Waals surface area contributed by atoms with Crippen molar-refractivity contribution in [2.75, 3.05) is 18.6 Å². The number of hydrogen-bond donors (Lipinski definition) is 1. The summed E-state index contributed by atoms with van der Waals surface area (Å²) in [7, 11) is -2.87. The maximum atomic E-state index is 11.3. The largest absolute Gasteiger partial charge is 0.314 e. The van der Waals surface area contributed by atoms with Crippen LogP contribution in [-0.4, -0.2) is 33.0 Å². The molecule has 0 bridgehead atoms. The van der Waals surface area contributed by atoms with Gasteiger partial charge < -0.3 is 5.32 Å². The zero-order valence-electron chi connectivity index (χ0n) is 12.5. The fraction of sp³-hybridized carbons (Fsp3) is 0.625. The molecule has 0 spiro atoms. The van der Waals surface area contributed by atoms with Crippen molar-refractivity contribution >= 4 is 21.4 Å². The molecule has 1 fully saturated rings. The summed E-state index contributed by atoms with van der Waals surface area (Å²) >= 11 is 6.23. The van der Waals surface area contributed by atoms with Crippen molar-refractivity contribution in [2.24, 2.45) is 5.92 Å². The molecule has 5 heteroatoms. The maximum absolute atomic E-state index is 11.3. The van der Waals surface area contributed by atoms with Crippen molar-refractivity contribution in [3.8, 4) is 0 Å². The molecule has 0 amide bonds. The lowest BCUT2D eigenvalue weighted by molar-refractivity contribution is 0.437. The minimum atomic E-state index is -2.87. The maximum Gasteiger partial charge on any atom is 0.147 e. The number of sulfone groups is 1. The zero-order valence-corrected chi connectivity index (χ0v) is 14.1. The topological polar surface area (TPSA) is 46.2 Å². The van der Waals surface area contributed by atoms with E-state index < -0.39 is 9.84 Å². The summed E-state index contributed by atoms with van der Waals surface area (Å²) in [6, 6.07) is 8.59. The molecule has 1 unspecified atom stereocenters. The first-order chi connectivity index (χ1) is 9.94. The molecule has 1 atom stereocenters. The third-order valence-electron chi connectivity index (χ3n) is 3.87. The fourth-order valence-electron chi connectivity index (χ4n) is 2.51. The molecule has 21 heavy (non-hydrogen) atoms. The van der Waals surface area contributed by atoms with E-state index in [1.54, 1.807) is 0 Å². The van der Waals surface area contributed by atoms with Gasteiger partial charge in [0.05, 0.1) is 0 Å². The van der Waals surface area contributed by atoms with Gasteiger partial charge in [0, 0.05) is 23.1 Å². The highest BCUT2D eigenvalue weighted by Crippen LogP contribution is 2.23. The number of hydrogen-bond acceptors (Lipinski definition) is 3. The Balaban J connectivity index is 1.89. The number of nitrogens with one attached hydrogen (secondary N) is 1. The highest BCUT2D eigenvalue weighted by Gasteiger charge is 2.22. The summed E-state index contributed by atoms with van der Waals surface area (Å²) in [6.45, 7) is 0.944. The Labute approximate surface area is 133 Å². The van der Waals surface area contributed by atoms with Gasteiger partial charge in [0.15, 0.2) is 0 Å². The first-order valence-electron chi connectivity index (χ1n) is 7.58. The van der Waals surface area contributed by atoms with Crippen molar-refractivity contribution in [1.82, 2.24) is 5.32 Å². The standard InChI is InChI=1S/C16H24ClNO2S/c1-21(19,20)10-4-5-13(12-18-15-8-9-15)11-14-6-2-3-7-16(14)17/h2-3,6-7,13,15,18H,4-5,8-12H2,1H3. The molecule has 0 radical (unpaired) electrons. The van der Waals surface area contributed by atoms with E-state index in [-0.39, 0.29) is 5.75 Å². The zero-order chi connectivity index (χ0) is 15.3. The molecule has 1 aromatic rings. The predicted octanol–water partition coefficient (Wildman–Crippen LogP) is 3.08. The van der Waals surface area contributed by atoms with Gasteiger partial charge in [0.1, 0.15) is 9.84 Å². The normalized spacial score (nSPS) is 16.9. The Morgan fingerprint density at radius 2 is 2.05 bits per heavy atom. The predicted molar refractivity (Wildman–Crippen MR) is 88.6 cm³/mol. The van der Waals surface area contributed by atoms with E-state index in [9.17, 15) is 8.42 Å². The van der Waals surface area contributed by atoms with Crippen LogP contribution in [0.25, 0.3) is 0 Å². The molecular weight excluding hydrogens is 306 g/mol. The molecule has 3 nitrogen and oxygen atoms in total. The SMILES string of the molecule is CS(=O)(=O)CCCC(CNC1CC1)Cc1ccccc1Cl. The number of rotatable bonds is 9. The van der Waals surface area contributed by atoms with E-state index in [2.05, 4.69) is 11.4 Å². The van der Waals surface area contributed by atoms with Crippen LogP contribution in [0.15, 0.2) is 24.3 Å². The number of benzene rings is 1. The molecule has 1 aromatic carbocycles. The van der Waals surface area contributed by atoms with Gasteiger partial charge in [-0.25, -0.2) is 8.42 Å². The quantitative estimate of drug-likeness (QED) is 0.757. The van der Waals surface area contributed by atoms with Crippen molar-refractivity contribution in [3.63, 3.8) is 0 Å². The summed E-state index contributed by atoms with van der Waals surface area (Å²) in [4.78, 5) is 0. The highest BCUT2D eigenvalue weighted by atomic mass is 35.5. The van der Waals surface area contributed by atoms with E-state index in [4.69, 9.17) is 11.6 Å². The lowest BCUT2D eigenvalue weighted by atomic mass is 9.95. The lowest BCUT2D eigenvalue weighted by Crippen LogP contribution is -2.26. The van der Waals surface area contributed by atoms with E-state index in [1.165, 1.54) is 19.1 Å². The van der Waals surface area contributed by atoms with Crippen LogP contribution in [0.1, 0.15) is 31.2 Å². The minimum absolute atomic E-state index is 0.273. The van der Waals surface area contributed by atoms with Crippen LogP contribution in [-0.2, 0) is 16.3 Å². The van der Waals surface area contributed by atoms with E-state index in [1.807, 2.05) is 18.2 Å². The lowest BCUT2D eigenvalue weighted by Gasteiger charge is -2.18. The van der Waals surface area contributed by atoms with Crippen LogP contribution < -0.4 is 5.32 Å². The Morgan fingerprint density at radius 1 is 1.33 bits per heavy atom. The van der Waals surface area contributed by atoms with Gasteiger partial charge in [0.25, 0.3) is 0 Å². The molecule has 0 saturated heterocycles. The Bertz CT molecular complexity index is 555. The van der Waals surface area contributed by atoms with Crippen LogP contribution in [0.4, 0.5) is 0 Å². The van der Waals surface area contributed by atoms with E-state index in [0.29, 0.717) is 12.0 Å². The van der Waals surface area contributed by atoms with Gasteiger partial charge in [-0.05, 0) is 56.2 Å². The van der Waals surface area contributed by atoms with Gasteiger partial charge in [-0.15, -0.1) is 0 Å². The van der Waals surface area contributed by atoms with Gasteiger partial charge in [-0.2, -0.15) is 0 Å². The summed E-state index contributed by atoms with van der Waals surface area (Å²) < 4.78 is 22.5. The Kier molecular flexibility index (Phi) is 6.08. The monoisotopic (exact) mass is 329 g/mol. The van der Waals surface area contributed by atoms with Crippen molar-refractivity contribution in [2.45, 2.75) is 38.1 Å². The van der Waals surface area contributed by atoms with Gasteiger partial charge in [0.2, 0.25) is 0 Å². The molecule has 1 N–H and O–H groups in total. The van der Waals surface area contributed by atoms with Crippen molar-refractivity contribution in [1.29, 1.82) is 0 Å². The molecule has 1 aliphatic carbocycles. The van der Waals surface area contributed by atoms with Gasteiger partial charge >= 0.3 is 0 Å². The van der Waals surface area contributed by atoms with Crippen LogP contribution >= 0.6 is 11.6 Å². The Morgan fingerprint density at radius 3 is 2.67 bits per heavy atom. The second-order valence-electron chi connectivity index (χ2n) is 6.12. The van der Waals surface area contributed by atoms with Gasteiger partial charge in [-0.3, -0.25) is 0 Å². The minimum Gasteiger partial charge on any atom is -0.314 e. The molecule has 118 valence electrons. The van der Waals surface area contributed by atoms with E-state index in [0.717, 1.165) is 36.4 Å².